The Balaban J connectivity index is 1.16. The van der Waals surface area contributed by atoms with E-state index in [0.29, 0.717) is 23.8 Å². The molecule has 0 spiro atoms. The second kappa shape index (κ2) is 11.4. The van der Waals surface area contributed by atoms with Crippen molar-refractivity contribution < 1.29 is 24.5 Å². The zero-order valence-corrected chi connectivity index (χ0v) is 21.6. The fraction of sp³-hybridized carbons (Fsp3) is 0.355. The number of ether oxygens (including phenoxy) is 2. The first-order valence-electron chi connectivity index (χ1n) is 13.2. The van der Waals surface area contributed by atoms with Gasteiger partial charge in [0.15, 0.2) is 0 Å². The van der Waals surface area contributed by atoms with Gasteiger partial charge in [0.25, 0.3) is 0 Å². The second-order valence-corrected chi connectivity index (χ2v) is 10.3. The summed E-state index contributed by atoms with van der Waals surface area (Å²) in [6.45, 7) is 5.20. The Labute approximate surface area is 222 Å². The third-order valence-corrected chi connectivity index (χ3v) is 7.36. The van der Waals surface area contributed by atoms with Crippen LogP contribution in [0.2, 0.25) is 0 Å². The molecule has 3 aromatic carbocycles. The van der Waals surface area contributed by atoms with Crippen molar-refractivity contribution in [2.24, 2.45) is 10.9 Å². The SMILES string of the molecule is CC1(c2ccccc2C(=O)O)C=c2c(OCC(O)CN3CCC(COc4ccccc4)CC3)cccc2=N1. The summed E-state index contributed by atoms with van der Waals surface area (Å²) >= 11 is 0. The average molecular weight is 515 g/mol. The van der Waals surface area contributed by atoms with E-state index in [4.69, 9.17) is 14.5 Å². The third-order valence-electron chi connectivity index (χ3n) is 7.36. The number of fused-ring (bicyclic) bond motifs is 1. The molecule has 198 valence electrons. The van der Waals surface area contributed by atoms with Crippen LogP contribution >= 0.6 is 0 Å². The number of hydrogen-bond acceptors (Lipinski definition) is 6. The fourth-order valence-corrected chi connectivity index (χ4v) is 5.32. The first-order chi connectivity index (χ1) is 18.4. The monoisotopic (exact) mass is 514 g/mol. The highest BCUT2D eigenvalue weighted by atomic mass is 16.5. The number of nitrogens with zero attached hydrogens (tertiary/aromatic N) is 2. The number of piperidine rings is 1. The van der Waals surface area contributed by atoms with Crippen molar-refractivity contribution in [1.29, 1.82) is 0 Å². The van der Waals surface area contributed by atoms with E-state index in [2.05, 4.69) is 4.90 Å². The molecule has 2 aliphatic rings. The lowest BCUT2D eigenvalue weighted by molar-refractivity contribution is 0.0500. The van der Waals surface area contributed by atoms with Crippen LogP contribution < -0.4 is 20.0 Å². The van der Waals surface area contributed by atoms with E-state index in [9.17, 15) is 15.0 Å². The molecule has 2 N–H and O–H groups in total. The van der Waals surface area contributed by atoms with Crippen molar-refractivity contribution in [2.45, 2.75) is 31.4 Å². The van der Waals surface area contributed by atoms with Gasteiger partial charge in [0, 0.05) is 11.8 Å². The summed E-state index contributed by atoms with van der Waals surface area (Å²) < 4.78 is 12.0. The second-order valence-electron chi connectivity index (χ2n) is 10.3. The molecule has 0 bridgehead atoms. The van der Waals surface area contributed by atoms with Crippen LogP contribution in [0.1, 0.15) is 35.7 Å². The van der Waals surface area contributed by atoms with Gasteiger partial charge in [-0.15, -0.1) is 0 Å². The molecule has 1 saturated heterocycles. The van der Waals surface area contributed by atoms with Crippen molar-refractivity contribution >= 4 is 12.0 Å². The zero-order chi connectivity index (χ0) is 26.5. The zero-order valence-electron chi connectivity index (χ0n) is 21.6. The van der Waals surface area contributed by atoms with Crippen molar-refractivity contribution in [3.05, 3.63) is 94.5 Å². The maximum absolute atomic E-state index is 11.8. The normalized spacial score (nSPS) is 20.2. The van der Waals surface area contributed by atoms with Crippen LogP contribution in [-0.4, -0.2) is 60.0 Å². The van der Waals surface area contributed by atoms with Crippen LogP contribution in [0.15, 0.2) is 77.8 Å². The maximum atomic E-state index is 11.8. The smallest absolute Gasteiger partial charge is 0.336 e. The summed E-state index contributed by atoms with van der Waals surface area (Å²) in [4.78, 5) is 18.9. The van der Waals surface area contributed by atoms with E-state index >= 15 is 0 Å². The predicted molar refractivity (Wildman–Crippen MR) is 145 cm³/mol. The number of benzene rings is 3. The number of carboxylic acids is 1. The van der Waals surface area contributed by atoms with Crippen molar-refractivity contribution in [3.63, 3.8) is 0 Å². The van der Waals surface area contributed by atoms with Crippen LogP contribution in [0.4, 0.5) is 0 Å². The molecule has 2 atom stereocenters. The number of carbonyl (C=O) groups is 1. The van der Waals surface area contributed by atoms with E-state index in [0.717, 1.165) is 48.9 Å². The Bertz CT molecular complexity index is 1380. The first kappa shape index (κ1) is 25.9. The summed E-state index contributed by atoms with van der Waals surface area (Å²) in [7, 11) is 0. The topological polar surface area (TPSA) is 91.6 Å². The molecule has 0 radical (unpaired) electrons. The van der Waals surface area contributed by atoms with Crippen molar-refractivity contribution in [3.8, 4) is 11.5 Å². The van der Waals surface area contributed by atoms with Gasteiger partial charge in [0.1, 0.15) is 29.7 Å². The van der Waals surface area contributed by atoms with Gasteiger partial charge in [0.05, 0.1) is 17.5 Å². The summed E-state index contributed by atoms with van der Waals surface area (Å²) in [6, 6.07) is 22.5. The summed E-state index contributed by atoms with van der Waals surface area (Å²) in [5, 5.41) is 21.9. The molecule has 0 saturated carbocycles. The number of carboxylic acid groups (broad SMARTS) is 1. The van der Waals surface area contributed by atoms with E-state index in [1.165, 1.54) is 0 Å². The summed E-state index contributed by atoms with van der Waals surface area (Å²) in [6.07, 6.45) is 3.41. The van der Waals surface area contributed by atoms with Crippen LogP contribution in [-0.2, 0) is 5.54 Å². The number of hydrogen-bond donors (Lipinski definition) is 2. The number of β-amino-alcohol motifs (C(OH)–C–C–N with tert-alkyl or cyclic N) is 1. The van der Waals surface area contributed by atoms with Crippen LogP contribution in [0.5, 0.6) is 11.5 Å². The first-order valence-corrected chi connectivity index (χ1v) is 13.2. The van der Waals surface area contributed by atoms with E-state index in [1.54, 1.807) is 18.2 Å². The molecular weight excluding hydrogens is 480 g/mol. The minimum Gasteiger partial charge on any atom is -0.493 e. The van der Waals surface area contributed by atoms with Crippen LogP contribution in [0.25, 0.3) is 6.08 Å². The number of para-hydroxylation sites is 1. The molecule has 7 heteroatoms. The van der Waals surface area contributed by atoms with Gasteiger partial charge >= 0.3 is 5.97 Å². The van der Waals surface area contributed by atoms with Gasteiger partial charge in [-0.05, 0) is 80.7 Å². The highest BCUT2D eigenvalue weighted by Crippen LogP contribution is 2.31. The van der Waals surface area contributed by atoms with E-state index in [-0.39, 0.29) is 12.2 Å². The Morgan fingerprint density at radius 2 is 1.76 bits per heavy atom. The molecular formula is C31H34N2O5. The predicted octanol–water partition coefficient (Wildman–Crippen LogP) is 3.24. The lowest BCUT2D eigenvalue weighted by Crippen LogP contribution is -2.41. The number of aliphatic hydroxyl groups is 1. The molecule has 0 aliphatic carbocycles. The maximum Gasteiger partial charge on any atom is 0.336 e. The molecule has 7 nitrogen and oxygen atoms in total. The Hall–Kier alpha value is -3.68. The summed E-state index contributed by atoms with van der Waals surface area (Å²) in [5.74, 6) is 1.09. The van der Waals surface area contributed by atoms with Crippen LogP contribution in [0.3, 0.4) is 0 Å². The Kier molecular flexibility index (Phi) is 7.77. The summed E-state index contributed by atoms with van der Waals surface area (Å²) in [5.41, 5.74) is 0.0487. The largest absolute Gasteiger partial charge is 0.493 e. The highest BCUT2D eigenvalue weighted by molar-refractivity contribution is 5.90. The molecule has 5 rings (SSSR count). The quantitative estimate of drug-likeness (QED) is 0.432. The lowest BCUT2D eigenvalue weighted by atomic mass is 9.89. The fourth-order valence-electron chi connectivity index (χ4n) is 5.32. The third kappa shape index (κ3) is 5.90. The molecule has 1 fully saturated rings. The highest BCUT2D eigenvalue weighted by Gasteiger charge is 2.31. The van der Waals surface area contributed by atoms with Crippen molar-refractivity contribution in [1.82, 2.24) is 4.90 Å². The molecule has 2 aliphatic heterocycles. The molecule has 0 amide bonds. The number of aromatic carboxylic acids is 1. The number of rotatable bonds is 10. The average Bonchev–Trinajstić information content (AvgIpc) is 3.30. The van der Waals surface area contributed by atoms with Crippen LogP contribution in [0, 0.1) is 5.92 Å². The number of aliphatic hydroxyl groups excluding tert-OH is 1. The molecule has 2 unspecified atom stereocenters. The Morgan fingerprint density at radius 3 is 2.53 bits per heavy atom. The number of likely N-dealkylation sites (tertiary alicyclic amines) is 1. The minimum absolute atomic E-state index is 0.170. The van der Waals surface area contributed by atoms with Gasteiger partial charge in [-0.25, -0.2) is 4.79 Å². The van der Waals surface area contributed by atoms with E-state index < -0.39 is 17.6 Å². The van der Waals surface area contributed by atoms with Gasteiger partial charge in [-0.3, -0.25) is 4.99 Å². The van der Waals surface area contributed by atoms with Gasteiger partial charge in [-0.1, -0.05) is 42.5 Å². The van der Waals surface area contributed by atoms with Gasteiger partial charge < -0.3 is 24.6 Å². The molecule has 38 heavy (non-hydrogen) atoms. The van der Waals surface area contributed by atoms with Gasteiger partial charge in [0.2, 0.25) is 0 Å². The minimum atomic E-state index is -0.978. The molecule has 2 heterocycles. The van der Waals surface area contributed by atoms with E-state index in [1.807, 2.05) is 67.6 Å². The molecule has 3 aromatic rings. The molecule has 0 aromatic heterocycles. The van der Waals surface area contributed by atoms with Gasteiger partial charge in [-0.2, -0.15) is 0 Å². The van der Waals surface area contributed by atoms with Crippen molar-refractivity contribution in [2.75, 3.05) is 32.8 Å². The Morgan fingerprint density at radius 1 is 1.03 bits per heavy atom. The standard InChI is InChI=1S/C31H34N2O5/c1-31(27-11-6-5-10-25(27)30(35)36)18-26-28(32-31)12-7-13-29(26)38-21-23(34)19-33-16-14-22(15-17-33)20-37-24-8-3-2-4-9-24/h2-13,18,22-23,34H,14-17,19-21H2,1H3,(H,35,36). The lowest BCUT2D eigenvalue weighted by Gasteiger charge is -2.33.